The molecule has 1 aliphatic rings. The Labute approximate surface area is 96.4 Å². The fourth-order valence-corrected chi connectivity index (χ4v) is 2.29. The van der Waals surface area contributed by atoms with Crippen molar-refractivity contribution in [2.45, 2.75) is 18.4 Å². The molecule has 1 fully saturated rings. The van der Waals surface area contributed by atoms with Crippen LogP contribution < -0.4 is 10.1 Å². The van der Waals surface area contributed by atoms with Crippen molar-refractivity contribution in [1.29, 1.82) is 0 Å². The summed E-state index contributed by atoms with van der Waals surface area (Å²) < 4.78 is 5.33. The zero-order chi connectivity index (χ0) is 11.6. The highest BCUT2D eigenvalue weighted by atomic mass is 16.5. The molecule has 1 aliphatic carbocycles. The van der Waals surface area contributed by atoms with E-state index in [2.05, 4.69) is 5.32 Å². The van der Waals surface area contributed by atoms with Gasteiger partial charge in [-0.1, -0.05) is 18.2 Å². The topological polar surface area (TPSA) is 41.5 Å². The van der Waals surface area contributed by atoms with Crippen LogP contribution >= 0.6 is 0 Å². The number of nitrogens with one attached hydrogen (secondary N) is 1. The van der Waals surface area contributed by atoms with Gasteiger partial charge in [0.15, 0.2) is 0 Å². The molecule has 1 atom stereocenters. The second-order valence-corrected chi connectivity index (χ2v) is 4.43. The summed E-state index contributed by atoms with van der Waals surface area (Å²) in [5.41, 5.74) is 0.107. The molecule has 0 bridgehead atoms. The van der Waals surface area contributed by atoms with Crippen LogP contribution in [0.25, 0.3) is 0 Å². The first-order chi connectivity index (χ1) is 7.72. The quantitative estimate of drug-likeness (QED) is 0.792. The largest absolute Gasteiger partial charge is 0.496 e. The maximum atomic E-state index is 10.8. The smallest absolute Gasteiger partial charge is 0.125 e. The molecule has 3 heteroatoms. The van der Waals surface area contributed by atoms with Crippen LogP contribution in [0.2, 0.25) is 0 Å². The van der Waals surface area contributed by atoms with E-state index < -0.39 is 5.60 Å². The van der Waals surface area contributed by atoms with Gasteiger partial charge < -0.3 is 15.2 Å². The first-order valence-electron chi connectivity index (χ1n) is 5.73. The van der Waals surface area contributed by atoms with Crippen molar-refractivity contribution >= 4 is 0 Å². The molecule has 1 aromatic carbocycles. The van der Waals surface area contributed by atoms with Crippen molar-refractivity contribution in [3.05, 3.63) is 29.8 Å². The van der Waals surface area contributed by atoms with E-state index in [1.54, 1.807) is 7.11 Å². The number of hydrogen-bond acceptors (Lipinski definition) is 3. The second kappa shape index (κ2) is 4.44. The second-order valence-electron chi connectivity index (χ2n) is 4.43. The summed E-state index contributed by atoms with van der Waals surface area (Å²) in [6.45, 7) is 0.568. The van der Waals surface area contributed by atoms with Gasteiger partial charge in [-0.3, -0.25) is 0 Å². The molecule has 0 aromatic heterocycles. The Morgan fingerprint density at radius 3 is 2.69 bits per heavy atom. The third-order valence-electron chi connectivity index (χ3n) is 3.27. The monoisotopic (exact) mass is 221 g/mol. The maximum Gasteiger partial charge on any atom is 0.125 e. The Morgan fingerprint density at radius 1 is 1.44 bits per heavy atom. The Hall–Kier alpha value is -1.06. The zero-order valence-electron chi connectivity index (χ0n) is 9.86. The Morgan fingerprint density at radius 2 is 2.12 bits per heavy atom. The van der Waals surface area contributed by atoms with E-state index in [4.69, 9.17) is 4.74 Å². The van der Waals surface area contributed by atoms with Gasteiger partial charge in [0.2, 0.25) is 0 Å². The van der Waals surface area contributed by atoms with Gasteiger partial charge >= 0.3 is 0 Å². The van der Waals surface area contributed by atoms with Crippen molar-refractivity contribution in [1.82, 2.24) is 5.32 Å². The van der Waals surface area contributed by atoms with Crippen molar-refractivity contribution in [3.63, 3.8) is 0 Å². The number of likely N-dealkylation sites (N-methyl/N-ethyl adjacent to an activating group) is 1. The number of hydrogen-bond donors (Lipinski definition) is 2. The summed E-state index contributed by atoms with van der Waals surface area (Å²) >= 11 is 0. The van der Waals surface area contributed by atoms with Crippen molar-refractivity contribution in [2.75, 3.05) is 20.7 Å². The lowest BCUT2D eigenvalue weighted by molar-refractivity contribution is 0.0131. The van der Waals surface area contributed by atoms with Crippen LogP contribution in [-0.2, 0) is 5.60 Å². The molecule has 2 rings (SSSR count). The molecule has 0 heterocycles. The molecule has 2 N–H and O–H groups in total. The SMILES string of the molecule is CNCC(O)(c1ccccc1OC)C1CC1. The number of para-hydroxylation sites is 1. The van der Waals surface area contributed by atoms with Gasteiger partial charge in [-0.15, -0.1) is 0 Å². The summed E-state index contributed by atoms with van der Waals surface area (Å²) in [6.07, 6.45) is 2.19. The number of aliphatic hydroxyl groups is 1. The fourth-order valence-electron chi connectivity index (χ4n) is 2.29. The first-order valence-corrected chi connectivity index (χ1v) is 5.73. The van der Waals surface area contributed by atoms with Crippen LogP contribution in [0.1, 0.15) is 18.4 Å². The van der Waals surface area contributed by atoms with Crippen LogP contribution in [-0.4, -0.2) is 25.8 Å². The predicted octanol–water partition coefficient (Wildman–Crippen LogP) is 1.51. The Bertz CT molecular complexity index is 363. The lowest BCUT2D eigenvalue weighted by atomic mass is 9.88. The van der Waals surface area contributed by atoms with E-state index in [-0.39, 0.29) is 0 Å². The standard InChI is InChI=1S/C13H19NO2/c1-14-9-13(15,10-7-8-10)11-5-3-4-6-12(11)16-2/h3-6,10,14-15H,7-9H2,1-2H3. The number of methoxy groups -OCH3 is 1. The first kappa shape index (κ1) is 11.4. The van der Waals surface area contributed by atoms with E-state index in [0.717, 1.165) is 24.2 Å². The maximum absolute atomic E-state index is 10.8. The molecule has 16 heavy (non-hydrogen) atoms. The predicted molar refractivity (Wildman–Crippen MR) is 63.5 cm³/mol. The molecule has 0 spiro atoms. The molecule has 0 aliphatic heterocycles. The number of benzene rings is 1. The average Bonchev–Trinajstić information content (AvgIpc) is 3.13. The summed E-state index contributed by atoms with van der Waals surface area (Å²) in [7, 11) is 3.51. The highest BCUT2D eigenvalue weighted by molar-refractivity contribution is 5.39. The zero-order valence-corrected chi connectivity index (χ0v) is 9.86. The molecule has 88 valence electrons. The molecule has 1 unspecified atom stereocenters. The van der Waals surface area contributed by atoms with Gasteiger partial charge in [0.05, 0.1) is 7.11 Å². The summed E-state index contributed by atoms with van der Waals surface area (Å²) in [5, 5.41) is 13.9. The van der Waals surface area contributed by atoms with Crippen LogP contribution in [0.4, 0.5) is 0 Å². The minimum Gasteiger partial charge on any atom is -0.496 e. The van der Waals surface area contributed by atoms with Gasteiger partial charge in [-0.05, 0) is 31.9 Å². The molecule has 1 saturated carbocycles. The van der Waals surface area contributed by atoms with Crippen LogP contribution in [0.5, 0.6) is 5.75 Å². The fraction of sp³-hybridized carbons (Fsp3) is 0.538. The minimum absolute atomic E-state index is 0.358. The van der Waals surface area contributed by atoms with E-state index in [9.17, 15) is 5.11 Å². The number of ether oxygens (including phenoxy) is 1. The normalized spacial score (nSPS) is 19.2. The minimum atomic E-state index is -0.790. The van der Waals surface area contributed by atoms with Gasteiger partial charge in [0.1, 0.15) is 11.4 Å². The van der Waals surface area contributed by atoms with E-state index in [1.165, 1.54) is 0 Å². The van der Waals surface area contributed by atoms with Crippen molar-refractivity contribution in [3.8, 4) is 5.75 Å². The highest BCUT2D eigenvalue weighted by Gasteiger charge is 2.45. The lowest BCUT2D eigenvalue weighted by Gasteiger charge is -2.30. The lowest BCUT2D eigenvalue weighted by Crippen LogP contribution is -2.39. The van der Waals surface area contributed by atoms with Gasteiger partial charge in [-0.25, -0.2) is 0 Å². The summed E-state index contributed by atoms with van der Waals surface area (Å²) in [5.74, 6) is 1.13. The molecule has 0 radical (unpaired) electrons. The summed E-state index contributed by atoms with van der Waals surface area (Å²) in [4.78, 5) is 0. The average molecular weight is 221 g/mol. The third-order valence-corrected chi connectivity index (χ3v) is 3.27. The Balaban J connectivity index is 2.37. The van der Waals surface area contributed by atoms with Crippen molar-refractivity contribution in [2.24, 2.45) is 5.92 Å². The van der Waals surface area contributed by atoms with Crippen molar-refractivity contribution < 1.29 is 9.84 Å². The molecule has 1 aromatic rings. The van der Waals surface area contributed by atoms with E-state index in [0.29, 0.717) is 12.5 Å². The van der Waals surface area contributed by atoms with Gasteiger partial charge in [0, 0.05) is 12.1 Å². The summed E-state index contributed by atoms with van der Waals surface area (Å²) in [6, 6.07) is 7.72. The van der Waals surface area contributed by atoms with Gasteiger partial charge in [-0.2, -0.15) is 0 Å². The molecule has 0 amide bonds. The van der Waals surface area contributed by atoms with Gasteiger partial charge in [0.25, 0.3) is 0 Å². The van der Waals surface area contributed by atoms with Crippen LogP contribution in [0.3, 0.4) is 0 Å². The van der Waals surface area contributed by atoms with E-state index in [1.807, 2.05) is 31.3 Å². The Kier molecular flexibility index (Phi) is 3.17. The molecular weight excluding hydrogens is 202 g/mol. The number of rotatable bonds is 5. The molecule has 3 nitrogen and oxygen atoms in total. The highest BCUT2D eigenvalue weighted by Crippen LogP contribution is 2.47. The van der Waals surface area contributed by atoms with Crippen LogP contribution in [0, 0.1) is 5.92 Å². The third kappa shape index (κ3) is 1.93. The molecule has 0 saturated heterocycles. The molecular formula is C13H19NO2. The van der Waals surface area contributed by atoms with E-state index >= 15 is 0 Å². The van der Waals surface area contributed by atoms with Crippen LogP contribution in [0.15, 0.2) is 24.3 Å².